The van der Waals surface area contributed by atoms with Crippen molar-refractivity contribution in [1.82, 2.24) is 0 Å². The van der Waals surface area contributed by atoms with Crippen LogP contribution in [-0.2, 0) is 17.8 Å². The van der Waals surface area contributed by atoms with Gasteiger partial charge in [-0.05, 0) is 52.4 Å². The zero-order valence-corrected chi connectivity index (χ0v) is 18.1. The number of anilines is 1. The number of carbonyl (C=O) groups is 1. The number of carbonyl (C=O) groups excluding carboxylic acids is 1. The molecule has 4 aromatic carbocycles. The molecule has 154 valence electrons. The molecule has 0 spiro atoms. The lowest BCUT2D eigenvalue weighted by atomic mass is 9.81. The Kier molecular flexibility index (Phi) is 5.07. The van der Waals surface area contributed by atoms with E-state index in [1.807, 2.05) is 4.90 Å². The highest BCUT2D eigenvalue weighted by molar-refractivity contribution is 6.03. The summed E-state index contributed by atoms with van der Waals surface area (Å²) in [6.07, 6.45) is 1.52. The van der Waals surface area contributed by atoms with Gasteiger partial charge in [-0.25, -0.2) is 0 Å². The van der Waals surface area contributed by atoms with Crippen LogP contribution in [0.1, 0.15) is 47.1 Å². The quantitative estimate of drug-likeness (QED) is 0.366. The van der Waals surface area contributed by atoms with Gasteiger partial charge in [-0.3, -0.25) is 4.79 Å². The molecular formula is C29H27NO. The van der Waals surface area contributed by atoms with Gasteiger partial charge in [0.05, 0.1) is 6.54 Å². The van der Waals surface area contributed by atoms with Crippen molar-refractivity contribution in [2.45, 2.75) is 39.2 Å². The monoisotopic (exact) mass is 405 g/mol. The van der Waals surface area contributed by atoms with E-state index < -0.39 is 0 Å². The van der Waals surface area contributed by atoms with Gasteiger partial charge in [0.25, 0.3) is 0 Å². The van der Waals surface area contributed by atoms with E-state index in [0.717, 1.165) is 17.7 Å². The van der Waals surface area contributed by atoms with Gasteiger partial charge in [0.1, 0.15) is 0 Å². The Morgan fingerprint density at radius 1 is 0.839 bits per heavy atom. The van der Waals surface area contributed by atoms with Crippen LogP contribution in [0.4, 0.5) is 5.69 Å². The minimum Gasteiger partial charge on any atom is -0.308 e. The molecule has 1 atom stereocenters. The van der Waals surface area contributed by atoms with Gasteiger partial charge in [-0.1, -0.05) is 91.3 Å². The number of hydrogen-bond donors (Lipinski definition) is 0. The van der Waals surface area contributed by atoms with Crippen molar-refractivity contribution >= 4 is 22.4 Å². The van der Waals surface area contributed by atoms with E-state index in [0.29, 0.717) is 13.0 Å². The molecule has 1 aliphatic heterocycles. The highest BCUT2D eigenvalue weighted by Crippen LogP contribution is 2.44. The van der Waals surface area contributed by atoms with Crippen LogP contribution >= 0.6 is 0 Å². The van der Waals surface area contributed by atoms with Gasteiger partial charge in [0.2, 0.25) is 5.91 Å². The van der Waals surface area contributed by atoms with E-state index in [4.69, 9.17) is 0 Å². The Morgan fingerprint density at radius 2 is 1.55 bits per heavy atom. The summed E-state index contributed by atoms with van der Waals surface area (Å²) < 4.78 is 0. The van der Waals surface area contributed by atoms with Crippen LogP contribution in [0.15, 0.2) is 84.9 Å². The van der Waals surface area contributed by atoms with E-state index in [-0.39, 0.29) is 11.8 Å². The highest BCUT2D eigenvalue weighted by atomic mass is 16.2. The summed E-state index contributed by atoms with van der Waals surface area (Å²) in [5.41, 5.74) is 7.25. The lowest BCUT2D eigenvalue weighted by Gasteiger charge is -2.35. The Morgan fingerprint density at radius 3 is 2.29 bits per heavy atom. The van der Waals surface area contributed by atoms with E-state index in [1.54, 1.807) is 0 Å². The molecule has 0 bridgehead atoms. The maximum Gasteiger partial charge on any atom is 0.228 e. The maximum atomic E-state index is 13.4. The van der Waals surface area contributed by atoms with E-state index >= 15 is 0 Å². The Hall–Kier alpha value is -3.39. The fourth-order valence-corrected chi connectivity index (χ4v) is 4.73. The van der Waals surface area contributed by atoms with Crippen LogP contribution in [0.3, 0.4) is 0 Å². The lowest BCUT2D eigenvalue weighted by molar-refractivity contribution is -0.119. The number of fused-ring (bicyclic) bond motifs is 3. The zero-order valence-electron chi connectivity index (χ0n) is 18.1. The van der Waals surface area contributed by atoms with E-state index in [1.165, 1.54) is 33.0 Å². The number of benzene rings is 4. The van der Waals surface area contributed by atoms with Crippen molar-refractivity contribution in [3.8, 4) is 0 Å². The zero-order chi connectivity index (χ0) is 21.4. The third-order valence-corrected chi connectivity index (χ3v) is 6.52. The lowest BCUT2D eigenvalue weighted by Crippen LogP contribution is -2.36. The van der Waals surface area contributed by atoms with E-state index in [9.17, 15) is 4.79 Å². The van der Waals surface area contributed by atoms with Gasteiger partial charge in [-0.15, -0.1) is 0 Å². The third kappa shape index (κ3) is 3.63. The van der Waals surface area contributed by atoms with Crippen LogP contribution in [-0.4, -0.2) is 5.91 Å². The molecule has 0 saturated carbocycles. The van der Waals surface area contributed by atoms with Crippen LogP contribution in [0.2, 0.25) is 0 Å². The fourth-order valence-electron chi connectivity index (χ4n) is 4.73. The second-order valence-corrected chi connectivity index (χ2v) is 8.54. The van der Waals surface area contributed by atoms with Crippen molar-refractivity contribution in [2.24, 2.45) is 0 Å². The summed E-state index contributed by atoms with van der Waals surface area (Å²) in [4.78, 5) is 15.4. The predicted molar refractivity (Wildman–Crippen MR) is 129 cm³/mol. The van der Waals surface area contributed by atoms with Crippen molar-refractivity contribution in [3.05, 3.63) is 113 Å². The number of rotatable bonds is 4. The van der Waals surface area contributed by atoms with Crippen LogP contribution in [0, 0.1) is 6.92 Å². The molecule has 31 heavy (non-hydrogen) atoms. The SMILES string of the molecule is CCc1ccc(C2CC(=O)N(Cc3ccc(C)cc3)c3ccc4ccccc4c32)cc1. The minimum atomic E-state index is 0.0776. The molecule has 0 aromatic heterocycles. The molecule has 1 amide bonds. The molecule has 1 unspecified atom stereocenters. The Bertz CT molecular complexity index is 1240. The average Bonchev–Trinajstić information content (AvgIpc) is 2.81. The van der Waals surface area contributed by atoms with Crippen molar-refractivity contribution in [2.75, 3.05) is 4.90 Å². The average molecular weight is 406 g/mol. The first kappa shape index (κ1) is 19.6. The normalized spacial score (nSPS) is 15.9. The molecule has 2 nitrogen and oxygen atoms in total. The minimum absolute atomic E-state index is 0.0776. The van der Waals surface area contributed by atoms with Gasteiger partial charge in [0, 0.05) is 18.0 Å². The van der Waals surface area contributed by atoms with Crippen molar-refractivity contribution < 1.29 is 4.79 Å². The molecule has 1 heterocycles. The molecule has 0 saturated heterocycles. The summed E-state index contributed by atoms with van der Waals surface area (Å²) in [5.74, 6) is 0.265. The molecular weight excluding hydrogens is 378 g/mol. The summed E-state index contributed by atoms with van der Waals surface area (Å²) >= 11 is 0. The molecule has 5 rings (SSSR count). The fraction of sp³-hybridized carbons (Fsp3) is 0.207. The van der Waals surface area contributed by atoms with Crippen LogP contribution < -0.4 is 4.90 Å². The predicted octanol–water partition coefficient (Wildman–Crippen LogP) is 6.78. The van der Waals surface area contributed by atoms with Crippen LogP contribution in [0.25, 0.3) is 10.8 Å². The molecule has 0 radical (unpaired) electrons. The smallest absolute Gasteiger partial charge is 0.228 e. The van der Waals surface area contributed by atoms with Crippen LogP contribution in [0.5, 0.6) is 0 Å². The summed E-state index contributed by atoms with van der Waals surface area (Å²) in [5, 5.41) is 2.46. The highest BCUT2D eigenvalue weighted by Gasteiger charge is 2.33. The second kappa shape index (κ2) is 8.03. The molecule has 4 aromatic rings. The van der Waals surface area contributed by atoms with Gasteiger partial charge >= 0.3 is 0 Å². The van der Waals surface area contributed by atoms with Gasteiger partial charge in [-0.2, -0.15) is 0 Å². The summed E-state index contributed by atoms with van der Waals surface area (Å²) in [7, 11) is 0. The first-order chi connectivity index (χ1) is 15.1. The maximum absolute atomic E-state index is 13.4. The van der Waals surface area contributed by atoms with Gasteiger partial charge in [0.15, 0.2) is 0 Å². The summed E-state index contributed by atoms with van der Waals surface area (Å²) in [6, 6.07) is 30.1. The van der Waals surface area contributed by atoms with Crippen molar-refractivity contribution in [1.29, 1.82) is 0 Å². The first-order valence-electron chi connectivity index (χ1n) is 11.1. The number of hydrogen-bond acceptors (Lipinski definition) is 1. The molecule has 2 heteroatoms. The van der Waals surface area contributed by atoms with Crippen molar-refractivity contribution in [3.63, 3.8) is 0 Å². The molecule has 0 fully saturated rings. The Labute approximate surface area is 184 Å². The molecule has 0 N–H and O–H groups in total. The Balaban J connectivity index is 1.64. The first-order valence-corrected chi connectivity index (χ1v) is 11.1. The number of nitrogens with zero attached hydrogens (tertiary/aromatic N) is 1. The van der Waals surface area contributed by atoms with E-state index in [2.05, 4.69) is 98.8 Å². The molecule has 1 aliphatic rings. The standard InChI is InChI=1S/C29H27NO/c1-3-21-12-14-24(15-13-21)26-18-28(31)30(19-22-10-8-20(2)9-11-22)27-17-16-23-6-4-5-7-25(23)29(26)27/h4-17,26H,3,18-19H2,1-2H3. The largest absolute Gasteiger partial charge is 0.308 e. The molecule has 0 aliphatic carbocycles. The topological polar surface area (TPSA) is 20.3 Å². The number of aryl methyl sites for hydroxylation is 2. The second-order valence-electron chi connectivity index (χ2n) is 8.54. The third-order valence-electron chi connectivity index (χ3n) is 6.52. The number of amides is 1. The van der Waals surface area contributed by atoms with Gasteiger partial charge < -0.3 is 4.90 Å². The summed E-state index contributed by atoms with van der Waals surface area (Å²) in [6.45, 7) is 4.86.